The maximum absolute atomic E-state index is 12.8. The summed E-state index contributed by atoms with van der Waals surface area (Å²) in [5.74, 6) is 0.893. The van der Waals surface area contributed by atoms with Crippen LogP contribution in [0, 0.1) is 0 Å². The Morgan fingerprint density at radius 1 is 1.15 bits per heavy atom. The quantitative estimate of drug-likeness (QED) is 0.743. The first-order valence-corrected chi connectivity index (χ1v) is 11.0. The third-order valence-corrected chi connectivity index (χ3v) is 6.76. The highest BCUT2D eigenvalue weighted by Gasteiger charge is 2.26. The SMILES string of the molecule is COc1ccc(S(=O)(=O)NCC(c2ccsc2)N2CCCC2)cc1OC. The van der Waals surface area contributed by atoms with Gasteiger partial charge in [0.15, 0.2) is 11.5 Å². The largest absolute Gasteiger partial charge is 0.493 e. The average molecular weight is 397 g/mol. The third-order valence-electron chi connectivity index (χ3n) is 4.64. The molecule has 0 amide bonds. The van der Waals surface area contributed by atoms with Gasteiger partial charge in [-0.05, 0) is 60.5 Å². The van der Waals surface area contributed by atoms with Crippen molar-refractivity contribution in [1.82, 2.24) is 9.62 Å². The predicted octanol–water partition coefficient (Wildman–Crippen LogP) is 2.88. The second kappa shape index (κ2) is 8.39. The zero-order valence-electron chi connectivity index (χ0n) is 15.0. The van der Waals surface area contributed by atoms with E-state index in [-0.39, 0.29) is 10.9 Å². The van der Waals surface area contributed by atoms with E-state index in [1.165, 1.54) is 26.4 Å². The summed E-state index contributed by atoms with van der Waals surface area (Å²) < 4.78 is 38.7. The van der Waals surface area contributed by atoms with Crippen LogP contribution in [0.4, 0.5) is 0 Å². The van der Waals surface area contributed by atoms with Crippen LogP contribution in [-0.2, 0) is 10.0 Å². The molecule has 2 heterocycles. The molecule has 26 heavy (non-hydrogen) atoms. The van der Waals surface area contributed by atoms with Gasteiger partial charge in [0.2, 0.25) is 10.0 Å². The first-order valence-electron chi connectivity index (χ1n) is 8.53. The Kier molecular flexibility index (Phi) is 6.18. The number of ether oxygens (including phenoxy) is 2. The molecule has 1 aliphatic heterocycles. The molecule has 1 aromatic heterocycles. The van der Waals surface area contributed by atoms with Crippen molar-refractivity contribution in [3.05, 3.63) is 40.6 Å². The van der Waals surface area contributed by atoms with E-state index in [0.29, 0.717) is 18.0 Å². The summed E-state index contributed by atoms with van der Waals surface area (Å²) in [4.78, 5) is 2.51. The first kappa shape index (κ1) is 19.2. The lowest BCUT2D eigenvalue weighted by Crippen LogP contribution is -2.36. The van der Waals surface area contributed by atoms with Gasteiger partial charge in [-0.1, -0.05) is 0 Å². The van der Waals surface area contributed by atoms with E-state index >= 15 is 0 Å². The van der Waals surface area contributed by atoms with Gasteiger partial charge >= 0.3 is 0 Å². The van der Waals surface area contributed by atoms with Gasteiger partial charge in [0.25, 0.3) is 0 Å². The zero-order chi connectivity index (χ0) is 18.6. The number of benzene rings is 1. The topological polar surface area (TPSA) is 67.9 Å². The fourth-order valence-electron chi connectivity index (χ4n) is 3.23. The number of thiophene rings is 1. The Morgan fingerprint density at radius 3 is 2.50 bits per heavy atom. The van der Waals surface area contributed by atoms with Gasteiger partial charge < -0.3 is 9.47 Å². The van der Waals surface area contributed by atoms with Crippen molar-refractivity contribution in [2.24, 2.45) is 0 Å². The lowest BCUT2D eigenvalue weighted by atomic mass is 10.1. The van der Waals surface area contributed by atoms with Crippen molar-refractivity contribution >= 4 is 21.4 Å². The molecule has 1 saturated heterocycles. The Balaban J connectivity index is 1.77. The highest BCUT2D eigenvalue weighted by atomic mass is 32.2. The Hall–Kier alpha value is -1.61. The molecule has 0 aliphatic carbocycles. The molecule has 1 unspecified atom stereocenters. The summed E-state index contributed by atoms with van der Waals surface area (Å²) in [5.41, 5.74) is 1.16. The highest BCUT2D eigenvalue weighted by Crippen LogP contribution is 2.30. The number of methoxy groups -OCH3 is 2. The van der Waals surface area contributed by atoms with E-state index < -0.39 is 10.0 Å². The molecule has 1 fully saturated rings. The van der Waals surface area contributed by atoms with E-state index in [1.54, 1.807) is 17.4 Å². The van der Waals surface area contributed by atoms with Crippen molar-refractivity contribution in [1.29, 1.82) is 0 Å². The molecular formula is C18H24N2O4S2. The number of nitrogens with zero attached hydrogens (tertiary/aromatic N) is 1. The number of rotatable bonds is 8. The van der Waals surface area contributed by atoms with E-state index in [9.17, 15) is 8.42 Å². The third kappa shape index (κ3) is 4.20. The average Bonchev–Trinajstić information content (AvgIpc) is 3.35. The molecule has 1 N–H and O–H groups in total. The van der Waals surface area contributed by atoms with Gasteiger partial charge in [-0.2, -0.15) is 11.3 Å². The van der Waals surface area contributed by atoms with Crippen LogP contribution in [0.15, 0.2) is 39.9 Å². The van der Waals surface area contributed by atoms with Crippen LogP contribution >= 0.6 is 11.3 Å². The molecule has 0 saturated carbocycles. The van der Waals surface area contributed by atoms with E-state index in [2.05, 4.69) is 21.1 Å². The Labute approximate surface area is 158 Å². The summed E-state index contributed by atoms with van der Waals surface area (Å²) >= 11 is 1.63. The van der Waals surface area contributed by atoms with Gasteiger partial charge in [0.05, 0.1) is 19.1 Å². The highest BCUT2D eigenvalue weighted by molar-refractivity contribution is 7.89. The van der Waals surface area contributed by atoms with E-state index in [1.807, 2.05) is 5.38 Å². The minimum atomic E-state index is -3.64. The number of hydrogen-bond acceptors (Lipinski definition) is 6. The molecule has 0 radical (unpaired) electrons. The lowest BCUT2D eigenvalue weighted by molar-refractivity contribution is 0.247. The number of nitrogens with one attached hydrogen (secondary N) is 1. The van der Waals surface area contributed by atoms with Crippen LogP contribution in [0.3, 0.4) is 0 Å². The van der Waals surface area contributed by atoms with E-state index in [0.717, 1.165) is 31.5 Å². The van der Waals surface area contributed by atoms with Crippen molar-refractivity contribution in [2.45, 2.75) is 23.8 Å². The van der Waals surface area contributed by atoms with Crippen LogP contribution in [0.25, 0.3) is 0 Å². The Morgan fingerprint density at radius 2 is 1.88 bits per heavy atom. The molecule has 6 nitrogen and oxygen atoms in total. The molecule has 1 atom stereocenters. The molecule has 8 heteroatoms. The van der Waals surface area contributed by atoms with E-state index in [4.69, 9.17) is 9.47 Å². The summed E-state index contributed by atoms with van der Waals surface area (Å²) in [6, 6.07) is 6.73. The van der Waals surface area contributed by atoms with Crippen LogP contribution in [0.2, 0.25) is 0 Å². The number of likely N-dealkylation sites (tertiary alicyclic amines) is 1. The summed E-state index contributed by atoms with van der Waals surface area (Å²) in [6.45, 7) is 2.34. The van der Waals surface area contributed by atoms with Gasteiger partial charge in [-0.3, -0.25) is 4.90 Å². The fraction of sp³-hybridized carbons (Fsp3) is 0.444. The molecule has 2 aromatic rings. The molecule has 1 aliphatic rings. The Bertz CT molecular complexity index is 816. The minimum Gasteiger partial charge on any atom is -0.493 e. The standard InChI is InChI=1S/C18H24N2O4S2/c1-23-17-6-5-15(11-18(17)24-2)26(21,22)19-12-16(14-7-10-25-13-14)20-8-3-4-9-20/h5-7,10-11,13,16,19H,3-4,8-9,12H2,1-2H3. The normalized spacial score (nSPS) is 16.5. The van der Waals surface area contributed by atoms with Crippen LogP contribution in [0.5, 0.6) is 11.5 Å². The molecular weight excluding hydrogens is 372 g/mol. The van der Waals surface area contributed by atoms with Gasteiger partial charge in [-0.25, -0.2) is 13.1 Å². The van der Waals surface area contributed by atoms with Gasteiger partial charge in [0.1, 0.15) is 0 Å². The summed E-state index contributed by atoms with van der Waals surface area (Å²) in [7, 11) is -0.635. The number of sulfonamides is 1. The summed E-state index contributed by atoms with van der Waals surface area (Å²) in [6.07, 6.45) is 2.31. The molecule has 142 valence electrons. The molecule has 3 rings (SSSR count). The first-order chi connectivity index (χ1) is 12.5. The van der Waals surface area contributed by atoms with Crippen LogP contribution in [-0.4, -0.2) is 47.2 Å². The minimum absolute atomic E-state index is 0.0543. The van der Waals surface area contributed by atoms with Crippen molar-refractivity contribution in [2.75, 3.05) is 33.9 Å². The van der Waals surface area contributed by atoms with Crippen LogP contribution in [0.1, 0.15) is 24.4 Å². The molecule has 0 bridgehead atoms. The monoisotopic (exact) mass is 396 g/mol. The zero-order valence-corrected chi connectivity index (χ0v) is 16.6. The van der Waals surface area contributed by atoms with Crippen molar-refractivity contribution in [3.63, 3.8) is 0 Å². The van der Waals surface area contributed by atoms with Crippen molar-refractivity contribution < 1.29 is 17.9 Å². The smallest absolute Gasteiger partial charge is 0.240 e. The molecule has 0 spiro atoms. The van der Waals surface area contributed by atoms with Crippen molar-refractivity contribution in [3.8, 4) is 11.5 Å². The van der Waals surface area contributed by atoms with Crippen LogP contribution < -0.4 is 14.2 Å². The maximum Gasteiger partial charge on any atom is 0.240 e. The molecule has 1 aromatic carbocycles. The van der Waals surface area contributed by atoms with Gasteiger partial charge in [0, 0.05) is 18.7 Å². The second-order valence-electron chi connectivity index (χ2n) is 6.18. The number of hydrogen-bond donors (Lipinski definition) is 1. The fourth-order valence-corrected chi connectivity index (χ4v) is 4.99. The maximum atomic E-state index is 12.8. The second-order valence-corrected chi connectivity index (χ2v) is 8.73. The predicted molar refractivity (Wildman–Crippen MR) is 103 cm³/mol. The van der Waals surface area contributed by atoms with Gasteiger partial charge in [-0.15, -0.1) is 0 Å². The summed E-state index contributed by atoms with van der Waals surface area (Å²) in [5, 5.41) is 4.12. The lowest BCUT2D eigenvalue weighted by Gasteiger charge is -2.27.